The standard InChI is InChI=1S/C15H22BrNO/c1-11(2)7-8-17-14-4-3-9-18-15-10-12(16)5-6-13(14)15/h5-6,10-11,14,17H,3-4,7-9H2,1-2H3. The first-order valence-corrected chi connectivity index (χ1v) is 7.61. The molecule has 3 heteroatoms. The van der Waals surface area contributed by atoms with E-state index in [2.05, 4.69) is 53.3 Å². The second kappa shape index (κ2) is 6.58. The second-order valence-electron chi connectivity index (χ2n) is 5.36. The van der Waals surface area contributed by atoms with Crippen LogP contribution in [0, 0.1) is 5.92 Å². The van der Waals surface area contributed by atoms with Crippen molar-refractivity contribution in [1.29, 1.82) is 0 Å². The van der Waals surface area contributed by atoms with Crippen LogP contribution in [0.5, 0.6) is 5.75 Å². The Bertz CT molecular complexity index is 392. The van der Waals surface area contributed by atoms with Gasteiger partial charge in [-0.1, -0.05) is 35.8 Å². The molecule has 1 aromatic carbocycles. The quantitative estimate of drug-likeness (QED) is 0.895. The van der Waals surface area contributed by atoms with Crippen LogP contribution in [0.25, 0.3) is 0 Å². The molecule has 2 nitrogen and oxygen atoms in total. The van der Waals surface area contributed by atoms with Gasteiger partial charge in [0.25, 0.3) is 0 Å². The van der Waals surface area contributed by atoms with Crippen LogP contribution in [0.1, 0.15) is 44.7 Å². The van der Waals surface area contributed by atoms with E-state index in [-0.39, 0.29) is 0 Å². The topological polar surface area (TPSA) is 21.3 Å². The average molecular weight is 312 g/mol. The zero-order chi connectivity index (χ0) is 13.0. The van der Waals surface area contributed by atoms with Crippen molar-refractivity contribution in [1.82, 2.24) is 5.32 Å². The van der Waals surface area contributed by atoms with E-state index < -0.39 is 0 Å². The van der Waals surface area contributed by atoms with Crippen molar-refractivity contribution < 1.29 is 4.74 Å². The maximum atomic E-state index is 5.82. The summed E-state index contributed by atoms with van der Waals surface area (Å²) in [6.07, 6.45) is 3.50. The Morgan fingerprint density at radius 2 is 2.28 bits per heavy atom. The Hall–Kier alpha value is -0.540. The molecule has 0 aliphatic carbocycles. The summed E-state index contributed by atoms with van der Waals surface area (Å²) in [5.41, 5.74) is 1.31. The summed E-state index contributed by atoms with van der Waals surface area (Å²) in [5, 5.41) is 3.67. The molecule has 1 heterocycles. The summed E-state index contributed by atoms with van der Waals surface area (Å²) in [7, 11) is 0. The molecule has 0 saturated heterocycles. The van der Waals surface area contributed by atoms with Crippen LogP contribution in [0.3, 0.4) is 0 Å². The molecule has 1 N–H and O–H groups in total. The van der Waals surface area contributed by atoms with Crippen LogP contribution in [0.2, 0.25) is 0 Å². The smallest absolute Gasteiger partial charge is 0.125 e. The third-order valence-corrected chi connectivity index (χ3v) is 3.85. The number of nitrogens with one attached hydrogen (secondary N) is 1. The van der Waals surface area contributed by atoms with Gasteiger partial charge in [0.1, 0.15) is 5.75 Å². The molecule has 1 atom stereocenters. The van der Waals surface area contributed by atoms with Gasteiger partial charge >= 0.3 is 0 Å². The molecule has 0 aromatic heterocycles. The van der Waals surface area contributed by atoms with E-state index >= 15 is 0 Å². The van der Waals surface area contributed by atoms with E-state index in [4.69, 9.17) is 4.74 Å². The minimum atomic E-state index is 0.439. The molecule has 0 bridgehead atoms. The third-order valence-electron chi connectivity index (χ3n) is 3.36. The SMILES string of the molecule is CC(C)CCNC1CCCOc2cc(Br)ccc21. The molecule has 1 aliphatic rings. The monoisotopic (exact) mass is 311 g/mol. The first-order chi connectivity index (χ1) is 8.66. The van der Waals surface area contributed by atoms with Crippen LogP contribution in [-0.2, 0) is 0 Å². The van der Waals surface area contributed by atoms with Crippen molar-refractivity contribution >= 4 is 15.9 Å². The minimum absolute atomic E-state index is 0.439. The van der Waals surface area contributed by atoms with Crippen LogP contribution in [0.4, 0.5) is 0 Å². The summed E-state index contributed by atoms with van der Waals surface area (Å²) >= 11 is 3.51. The van der Waals surface area contributed by atoms with Crippen LogP contribution < -0.4 is 10.1 Å². The van der Waals surface area contributed by atoms with Crippen molar-refractivity contribution in [3.8, 4) is 5.75 Å². The summed E-state index contributed by atoms with van der Waals surface area (Å²) in [5.74, 6) is 1.79. The minimum Gasteiger partial charge on any atom is -0.493 e. The largest absolute Gasteiger partial charge is 0.493 e. The predicted molar refractivity (Wildman–Crippen MR) is 79.1 cm³/mol. The van der Waals surface area contributed by atoms with Gasteiger partial charge in [0, 0.05) is 16.1 Å². The normalized spacial score (nSPS) is 19.2. The highest BCUT2D eigenvalue weighted by molar-refractivity contribution is 9.10. The van der Waals surface area contributed by atoms with Gasteiger partial charge in [-0.2, -0.15) is 0 Å². The number of fused-ring (bicyclic) bond motifs is 1. The van der Waals surface area contributed by atoms with Gasteiger partial charge < -0.3 is 10.1 Å². The van der Waals surface area contributed by atoms with Gasteiger partial charge in [-0.3, -0.25) is 0 Å². The lowest BCUT2D eigenvalue weighted by Crippen LogP contribution is -2.23. The Labute approximate surface area is 118 Å². The Kier molecular flexibility index (Phi) is 5.07. The van der Waals surface area contributed by atoms with E-state index in [0.717, 1.165) is 42.1 Å². The lowest BCUT2D eigenvalue weighted by atomic mass is 10.0. The molecular weight excluding hydrogens is 290 g/mol. The van der Waals surface area contributed by atoms with Crippen molar-refractivity contribution in [3.05, 3.63) is 28.2 Å². The molecule has 0 radical (unpaired) electrons. The van der Waals surface area contributed by atoms with E-state index in [1.54, 1.807) is 0 Å². The van der Waals surface area contributed by atoms with E-state index in [9.17, 15) is 0 Å². The molecule has 18 heavy (non-hydrogen) atoms. The first-order valence-electron chi connectivity index (χ1n) is 6.82. The maximum Gasteiger partial charge on any atom is 0.125 e. The number of hydrogen-bond donors (Lipinski definition) is 1. The number of halogens is 1. The summed E-state index contributed by atoms with van der Waals surface area (Å²) in [6, 6.07) is 6.80. The lowest BCUT2D eigenvalue weighted by molar-refractivity contribution is 0.315. The first kappa shape index (κ1) is 13.9. The number of hydrogen-bond acceptors (Lipinski definition) is 2. The fraction of sp³-hybridized carbons (Fsp3) is 0.600. The summed E-state index contributed by atoms with van der Waals surface area (Å²) in [4.78, 5) is 0. The van der Waals surface area contributed by atoms with Crippen LogP contribution in [-0.4, -0.2) is 13.2 Å². The van der Waals surface area contributed by atoms with Crippen molar-refractivity contribution in [2.75, 3.05) is 13.2 Å². The fourth-order valence-electron chi connectivity index (χ4n) is 2.30. The predicted octanol–water partition coefficient (Wildman–Crippen LogP) is 4.30. The highest BCUT2D eigenvalue weighted by Gasteiger charge is 2.19. The van der Waals surface area contributed by atoms with Gasteiger partial charge in [-0.05, 0) is 43.9 Å². The molecule has 1 aliphatic heterocycles. The van der Waals surface area contributed by atoms with Gasteiger partial charge in [-0.15, -0.1) is 0 Å². The molecule has 0 fully saturated rings. The second-order valence-corrected chi connectivity index (χ2v) is 6.28. The van der Waals surface area contributed by atoms with Gasteiger partial charge in [0.15, 0.2) is 0 Å². The van der Waals surface area contributed by atoms with E-state index in [0.29, 0.717) is 6.04 Å². The fourth-order valence-corrected chi connectivity index (χ4v) is 2.64. The van der Waals surface area contributed by atoms with Crippen LogP contribution in [0.15, 0.2) is 22.7 Å². The highest BCUT2D eigenvalue weighted by atomic mass is 79.9. The molecule has 0 saturated carbocycles. The highest BCUT2D eigenvalue weighted by Crippen LogP contribution is 2.33. The molecule has 2 rings (SSSR count). The van der Waals surface area contributed by atoms with E-state index in [1.807, 2.05) is 0 Å². The van der Waals surface area contributed by atoms with Gasteiger partial charge in [0.05, 0.1) is 6.61 Å². The Morgan fingerprint density at radius 3 is 3.06 bits per heavy atom. The summed E-state index contributed by atoms with van der Waals surface area (Å²) in [6.45, 7) is 6.44. The third kappa shape index (κ3) is 3.72. The molecule has 1 aromatic rings. The molecular formula is C15H22BrNO. The molecule has 0 spiro atoms. The lowest BCUT2D eigenvalue weighted by Gasteiger charge is -2.19. The molecule has 100 valence electrons. The van der Waals surface area contributed by atoms with Crippen LogP contribution >= 0.6 is 15.9 Å². The van der Waals surface area contributed by atoms with Crippen molar-refractivity contribution in [2.24, 2.45) is 5.92 Å². The number of ether oxygens (including phenoxy) is 1. The summed E-state index contributed by atoms with van der Waals surface area (Å²) < 4.78 is 6.90. The van der Waals surface area contributed by atoms with Gasteiger partial charge in [-0.25, -0.2) is 0 Å². The zero-order valence-electron chi connectivity index (χ0n) is 11.2. The molecule has 1 unspecified atom stereocenters. The van der Waals surface area contributed by atoms with E-state index in [1.165, 1.54) is 12.0 Å². The van der Waals surface area contributed by atoms with Gasteiger partial charge in [0.2, 0.25) is 0 Å². The maximum absolute atomic E-state index is 5.82. The Morgan fingerprint density at radius 1 is 1.44 bits per heavy atom. The van der Waals surface area contributed by atoms with Crippen molar-refractivity contribution in [3.63, 3.8) is 0 Å². The Balaban J connectivity index is 2.07. The number of rotatable bonds is 4. The average Bonchev–Trinajstić information content (AvgIpc) is 2.51. The number of benzene rings is 1. The molecule has 0 amide bonds. The van der Waals surface area contributed by atoms with Crippen molar-refractivity contribution in [2.45, 2.75) is 39.2 Å². The zero-order valence-corrected chi connectivity index (χ0v) is 12.8.